The van der Waals surface area contributed by atoms with Gasteiger partial charge in [0.15, 0.2) is 5.78 Å². The lowest BCUT2D eigenvalue weighted by Crippen LogP contribution is -2.28. The molecule has 0 heterocycles. The number of ketones is 1. The Balaban J connectivity index is 2.38. The van der Waals surface area contributed by atoms with Gasteiger partial charge < -0.3 is 10.2 Å². The summed E-state index contributed by atoms with van der Waals surface area (Å²) in [6, 6.07) is 2.71. The van der Waals surface area contributed by atoms with Crippen LogP contribution in [0, 0.1) is 5.92 Å². The first-order valence-corrected chi connectivity index (χ1v) is 8.73. The van der Waals surface area contributed by atoms with Gasteiger partial charge >= 0.3 is 6.03 Å². The summed E-state index contributed by atoms with van der Waals surface area (Å²) < 4.78 is 0. The molecule has 0 spiro atoms. The highest BCUT2D eigenvalue weighted by molar-refractivity contribution is 7.97. The molecule has 5 nitrogen and oxygen atoms in total. The predicted molar refractivity (Wildman–Crippen MR) is 98.4 cm³/mol. The van der Waals surface area contributed by atoms with Gasteiger partial charge in [-0.05, 0) is 25.0 Å². The molecule has 1 N–H and O–H groups in total. The van der Waals surface area contributed by atoms with E-state index < -0.39 is 11.1 Å². The van der Waals surface area contributed by atoms with Crippen molar-refractivity contribution in [1.29, 1.82) is 0 Å². The van der Waals surface area contributed by atoms with Gasteiger partial charge in [0.2, 0.25) is 5.12 Å². The van der Waals surface area contributed by atoms with Crippen molar-refractivity contribution in [3.05, 3.63) is 28.3 Å². The van der Waals surface area contributed by atoms with Gasteiger partial charge in [0.25, 0.3) is 0 Å². The van der Waals surface area contributed by atoms with Crippen LogP contribution < -0.4 is 5.32 Å². The van der Waals surface area contributed by atoms with Crippen molar-refractivity contribution in [2.75, 3.05) is 19.4 Å². The molecule has 1 aromatic carbocycles. The van der Waals surface area contributed by atoms with Gasteiger partial charge in [-0.15, -0.1) is 12.6 Å². The summed E-state index contributed by atoms with van der Waals surface area (Å²) in [7, 11) is 3.17. The molecule has 1 aliphatic rings. The molecule has 24 heavy (non-hydrogen) atoms. The summed E-state index contributed by atoms with van der Waals surface area (Å²) >= 11 is 10.2. The van der Waals surface area contributed by atoms with E-state index >= 15 is 0 Å². The van der Waals surface area contributed by atoms with Crippen LogP contribution in [0.5, 0.6) is 0 Å². The number of carbonyl (C=O) groups is 3. The molecular formula is C17H21ClN2O3S. The fourth-order valence-electron chi connectivity index (χ4n) is 2.89. The average molecular weight is 369 g/mol. The Labute approximate surface area is 152 Å². The molecule has 7 heteroatoms. The summed E-state index contributed by atoms with van der Waals surface area (Å²) in [5.41, 5.74) is 0.625. The summed E-state index contributed by atoms with van der Waals surface area (Å²) in [4.78, 5) is 37.8. The number of benzene rings is 1. The van der Waals surface area contributed by atoms with Crippen molar-refractivity contribution in [1.82, 2.24) is 4.90 Å². The minimum absolute atomic E-state index is 0.0407. The van der Waals surface area contributed by atoms with Crippen molar-refractivity contribution in [3.8, 4) is 0 Å². The average Bonchev–Trinajstić information content (AvgIpc) is 2.54. The van der Waals surface area contributed by atoms with Crippen molar-refractivity contribution < 1.29 is 14.4 Å². The van der Waals surface area contributed by atoms with Gasteiger partial charge in [-0.1, -0.05) is 30.9 Å². The van der Waals surface area contributed by atoms with Gasteiger partial charge in [0.05, 0.1) is 16.3 Å². The van der Waals surface area contributed by atoms with Crippen LogP contribution in [0.25, 0.3) is 0 Å². The van der Waals surface area contributed by atoms with Crippen LogP contribution in [0.3, 0.4) is 0 Å². The van der Waals surface area contributed by atoms with E-state index in [1.165, 1.54) is 11.0 Å². The van der Waals surface area contributed by atoms with Gasteiger partial charge in [0.1, 0.15) is 0 Å². The van der Waals surface area contributed by atoms with Gasteiger partial charge in [0, 0.05) is 25.6 Å². The highest BCUT2D eigenvalue weighted by Crippen LogP contribution is 2.34. The first-order chi connectivity index (χ1) is 11.3. The third-order valence-electron chi connectivity index (χ3n) is 4.25. The number of thiol groups is 1. The highest BCUT2D eigenvalue weighted by atomic mass is 35.5. The van der Waals surface area contributed by atoms with E-state index in [1.54, 1.807) is 20.2 Å². The molecule has 1 saturated carbocycles. The van der Waals surface area contributed by atoms with Crippen LogP contribution in [-0.2, 0) is 0 Å². The maximum Gasteiger partial charge on any atom is 0.321 e. The first-order valence-electron chi connectivity index (χ1n) is 7.91. The Morgan fingerprint density at radius 2 is 1.79 bits per heavy atom. The van der Waals surface area contributed by atoms with Crippen molar-refractivity contribution in [2.24, 2.45) is 5.92 Å². The van der Waals surface area contributed by atoms with Crippen LogP contribution in [-0.4, -0.2) is 35.9 Å². The van der Waals surface area contributed by atoms with Gasteiger partial charge in [-0.2, -0.15) is 0 Å². The summed E-state index contributed by atoms with van der Waals surface area (Å²) in [6.07, 6.45) is 4.90. The van der Waals surface area contributed by atoms with Crippen LogP contribution in [0.2, 0.25) is 5.02 Å². The zero-order valence-corrected chi connectivity index (χ0v) is 15.4. The second kappa shape index (κ2) is 8.03. The van der Waals surface area contributed by atoms with Crippen molar-refractivity contribution >= 4 is 46.8 Å². The first kappa shape index (κ1) is 18.8. The number of urea groups is 1. The Bertz CT molecular complexity index is 670. The third kappa shape index (κ3) is 4.11. The SMILES string of the molecule is CN(C)C(=O)Nc1ccc(C(=O)C2CCCCC2)c(Cl)c1C(=O)S. The topological polar surface area (TPSA) is 66.5 Å². The summed E-state index contributed by atoms with van der Waals surface area (Å²) in [5.74, 6) is -0.0950. The molecule has 1 aliphatic carbocycles. The normalized spacial score (nSPS) is 15.0. The number of hydrogen-bond donors (Lipinski definition) is 2. The molecule has 0 aliphatic heterocycles. The van der Waals surface area contributed by atoms with Crippen LogP contribution in [0.1, 0.15) is 52.8 Å². The number of hydrogen-bond acceptors (Lipinski definition) is 3. The van der Waals surface area contributed by atoms with Gasteiger partial charge in [-0.3, -0.25) is 9.59 Å². The van der Waals surface area contributed by atoms with Crippen molar-refractivity contribution in [3.63, 3.8) is 0 Å². The minimum Gasteiger partial charge on any atom is -0.331 e. The highest BCUT2D eigenvalue weighted by Gasteiger charge is 2.27. The van der Waals surface area contributed by atoms with E-state index in [9.17, 15) is 14.4 Å². The number of Topliss-reactive ketones (excluding diaryl/α,β-unsaturated/α-hetero) is 1. The van der Waals surface area contributed by atoms with Crippen LogP contribution >= 0.6 is 24.2 Å². The molecule has 1 fully saturated rings. The fourth-order valence-corrected chi connectivity index (χ4v) is 3.53. The molecule has 0 saturated heterocycles. The zero-order chi connectivity index (χ0) is 17.9. The standard InChI is InChI=1S/C17H21ClN2O3S/c1-20(2)17(23)19-12-9-8-11(14(18)13(12)16(22)24)15(21)10-6-4-3-5-7-10/h8-10H,3-7H2,1-2H3,(H,19,23)(H,22,24). The molecule has 2 rings (SSSR count). The minimum atomic E-state index is -0.590. The van der Waals surface area contributed by atoms with E-state index in [-0.39, 0.29) is 28.0 Å². The summed E-state index contributed by atoms with van der Waals surface area (Å²) in [5, 5.41) is 2.07. The second-order valence-corrected chi connectivity index (χ2v) is 6.96. The van der Waals surface area contributed by atoms with E-state index in [2.05, 4.69) is 17.9 Å². The molecule has 0 radical (unpaired) electrons. The number of amides is 2. The maximum atomic E-state index is 12.7. The number of nitrogens with one attached hydrogen (secondary N) is 1. The lowest BCUT2D eigenvalue weighted by Gasteiger charge is -2.22. The fraction of sp³-hybridized carbons (Fsp3) is 0.471. The Morgan fingerprint density at radius 1 is 1.17 bits per heavy atom. The lowest BCUT2D eigenvalue weighted by atomic mass is 9.83. The Hall–Kier alpha value is -1.53. The maximum absolute atomic E-state index is 12.7. The molecule has 0 bridgehead atoms. The van der Waals surface area contributed by atoms with E-state index in [0.29, 0.717) is 5.56 Å². The molecule has 0 atom stereocenters. The largest absolute Gasteiger partial charge is 0.331 e. The number of halogens is 1. The number of rotatable bonds is 4. The van der Waals surface area contributed by atoms with E-state index in [4.69, 9.17) is 11.6 Å². The number of nitrogens with zero attached hydrogens (tertiary/aromatic N) is 1. The molecular weight excluding hydrogens is 348 g/mol. The zero-order valence-electron chi connectivity index (χ0n) is 13.8. The monoisotopic (exact) mass is 368 g/mol. The van der Waals surface area contributed by atoms with E-state index in [0.717, 1.165) is 32.1 Å². The lowest BCUT2D eigenvalue weighted by molar-refractivity contribution is 0.0889. The number of carbonyl (C=O) groups excluding carboxylic acids is 3. The Morgan fingerprint density at radius 3 is 2.33 bits per heavy atom. The quantitative estimate of drug-likeness (QED) is 0.616. The number of anilines is 1. The van der Waals surface area contributed by atoms with Crippen molar-refractivity contribution in [2.45, 2.75) is 32.1 Å². The third-order valence-corrected chi connectivity index (χ3v) is 4.86. The molecule has 1 aromatic rings. The molecule has 130 valence electrons. The molecule has 0 unspecified atom stereocenters. The van der Waals surface area contributed by atoms with E-state index in [1.807, 2.05) is 0 Å². The second-order valence-electron chi connectivity index (χ2n) is 6.18. The smallest absolute Gasteiger partial charge is 0.321 e. The van der Waals surface area contributed by atoms with Crippen LogP contribution in [0.4, 0.5) is 10.5 Å². The Kier molecular flexibility index (Phi) is 6.29. The predicted octanol–water partition coefficient (Wildman–Crippen LogP) is 4.27. The molecule has 0 aromatic heterocycles. The van der Waals surface area contributed by atoms with Gasteiger partial charge in [-0.25, -0.2) is 4.79 Å². The molecule has 2 amide bonds. The summed E-state index contributed by atoms with van der Waals surface area (Å²) in [6.45, 7) is 0. The van der Waals surface area contributed by atoms with Crippen LogP contribution in [0.15, 0.2) is 12.1 Å².